The van der Waals surface area contributed by atoms with Crippen LogP contribution in [0.4, 0.5) is 0 Å². The number of hydrogen-bond acceptors (Lipinski definition) is 4. The van der Waals surface area contributed by atoms with E-state index in [0.29, 0.717) is 13.2 Å². The highest BCUT2D eigenvalue weighted by molar-refractivity contribution is 5.81. The zero-order valence-corrected chi connectivity index (χ0v) is 10.8. The molecule has 5 nitrogen and oxygen atoms in total. The lowest BCUT2D eigenvalue weighted by atomic mass is 10.1. The van der Waals surface area contributed by atoms with Gasteiger partial charge in [-0.2, -0.15) is 0 Å². The first kappa shape index (κ1) is 14.4. The molecule has 1 amide bonds. The van der Waals surface area contributed by atoms with Crippen molar-refractivity contribution < 1.29 is 9.53 Å². The van der Waals surface area contributed by atoms with Gasteiger partial charge < -0.3 is 15.8 Å². The van der Waals surface area contributed by atoms with Gasteiger partial charge in [0.15, 0.2) is 0 Å². The van der Waals surface area contributed by atoms with Gasteiger partial charge in [-0.1, -0.05) is 6.42 Å². The van der Waals surface area contributed by atoms with Gasteiger partial charge in [0.1, 0.15) is 6.04 Å². The summed E-state index contributed by atoms with van der Waals surface area (Å²) in [5.41, 5.74) is 5.47. The molecule has 5 heteroatoms. The van der Waals surface area contributed by atoms with Crippen LogP contribution in [0.15, 0.2) is 0 Å². The smallest absolute Gasteiger partial charge is 0.239 e. The molecule has 1 heterocycles. The molecule has 0 radical (unpaired) electrons. The minimum absolute atomic E-state index is 0.0889. The van der Waals surface area contributed by atoms with Crippen molar-refractivity contribution >= 4 is 5.91 Å². The Morgan fingerprint density at radius 3 is 3.00 bits per heavy atom. The van der Waals surface area contributed by atoms with Crippen LogP contribution in [-0.4, -0.2) is 56.2 Å². The standard InChI is InChI=1S/C12H25N3O2/c1-2-14-12(16)11-10-17-9-8-15(11)7-5-3-4-6-13/h11H,2-10,13H2,1H3,(H,14,16). The first-order chi connectivity index (χ1) is 8.29. The summed E-state index contributed by atoms with van der Waals surface area (Å²) < 4.78 is 5.38. The number of morpholine rings is 1. The Balaban J connectivity index is 2.34. The number of carbonyl (C=O) groups excluding carboxylic acids is 1. The molecule has 100 valence electrons. The fourth-order valence-corrected chi connectivity index (χ4v) is 2.08. The fourth-order valence-electron chi connectivity index (χ4n) is 2.08. The quantitative estimate of drug-likeness (QED) is 0.615. The van der Waals surface area contributed by atoms with E-state index in [-0.39, 0.29) is 11.9 Å². The zero-order valence-electron chi connectivity index (χ0n) is 10.8. The van der Waals surface area contributed by atoms with Crippen LogP contribution in [0.25, 0.3) is 0 Å². The second-order valence-corrected chi connectivity index (χ2v) is 4.37. The number of unbranched alkanes of at least 4 members (excludes halogenated alkanes) is 2. The number of ether oxygens (including phenoxy) is 1. The molecule has 1 saturated heterocycles. The summed E-state index contributed by atoms with van der Waals surface area (Å²) in [6, 6.07) is -0.110. The van der Waals surface area contributed by atoms with E-state index in [9.17, 15) is 4.79 Å². The Labute approximate surface area is 104 Å². The summed E-state index contributed by atoms with van der Waals surface area (Å²) in [7, 11) is 0. The Hall–Kier alpha value is -0.650. The maximum atomic E-state index is 11.8. The number of amides is 1. The van der Waals surface area contributed by atoms with Crippen molar-refractivity contribution in [2.45, 2.75) is 32.2 Å². The van der Waals surface area contributed by atoms with Gasteiger partial charge in [-0.15, -0.1) is 0 Å². The minimum atomic E-state index is -0.110. The van der Waals surface area contributed by atoms with Crippen molar-refractivity contribution in [3.8, 4) is 0 Å². The molecule has 0 aromatic carbocycles. The number of nitrogens with one attached hydrogen (secondary N) is 1. The van der Waals surface area contributed by atoms with E-state index >= 15 is 0 Å². The average molecular weight is 243 g/mol. The van der Waals surface area contributed by atoms with Crippen LogP contribution in [-0.2, 0) is 9.53 Å². The predicted octanol–water partition coefficient (Wildman–Crippen LogP) is -0.0477. The molecule has 0 aromatic rings. The second kappa shape index (κ2) is 8.44. The largest absolute Gasteiger partial charge is 0.378 e. The normalized spacial score (nSPS) is 21.4. The SMILES string of the molecule is CCNC(=O)C1COCCN1CCCCCN. The number of nitrogens with zero attached hydrogens (tertiary/aromatic N) is 1. The van der Waals surface area contributed by atoms with E-state index in [0.717, 1.165) is 45.5 Å². The first-order valence-electron chi connectivity index (χ1n) is 6.59. The topological polar surface area (TPSA) is 67.6 Å². The number of rotatable bonds is 7. The highest BCUT2D eigenvalue weighted by atomic mass is 16.5. The Morgan fingerprint density at radius 2 is 2.29 bits per heavy atom. The molecule has 0 aliphatic carbocycles. The lowest BCUT2D eigenvalue weighted by Crippen LogP contribution is -2.53. The average Bonchev–Trinajstić information content (AvgIpc) is 2.35. The van der Waals surface area contributed by atoms with Gasteiger partial charge in [0.2, 0.25) is 5.91 Å². The molecule has 17 heavy (non-hydrogen) atoms. The van der Waals surface area contributed by atoms with Crippen LogP contribution in [0.5, 0.6) is 0 Å². The molecular weight excluding hydrogens is 218 g/mol. The van der Waals surface area contributed by atoms with E-state index in [4.69, 9.17) is 10.5 Å². The van der Waals surface area contributed by atoms with E-state index in [2.05, 4.69) is 10.2 Å². The van der Waals surface area contributed by atoms with Gasteiger partial charge in [-0.05, 0) is 32.9 Å². The fraction of sp³-hybridized carbons (Fsp3) is 0.917. The van der Waals surface area contributed by atoms with E-state index < -0.39 is 0 Å². The zero-order chi connectivity index (χ0) is 12.5. The maximum absolute atomic E-state index is 11.8. The molecule has 0 saturated carbocycles. The van der Waals surface area contributed by atoms with Crippen LogP contribution in [0.2, 0.25) is 0 Å². The molecule has 0 aromatic heterocycles. The van der Waals surface area contributed by atoms with Crippen molar-refractivity contribution in [3.63, 3.8) is 0 Å². The van der Waals surface area contributed by atoms with Crippen molar-refractivity contribution in [2.75, 3.05) is 39.4 Å². The highest BCUT2D eigenvalue weighted by Crippen LogP contribution is 2.09. The molecule has 1 aliphatic rings. The van der Waals surface area contributed by atoms with Crippen molar-refractivity contribution in [1.82, 2.24) is 10.2 Å². The number of hydrogen-bond donors (Lipinski definition) is 2. The van der Waals surface area contributed by atoms with Crippen molar-refractivity contribution in [2.24, 2.45) is 5.73 Å². The summed E-state index contributed by atoms with van der Waals surface area (Å²) in [5.74, 6) is 0.0889. The molecule has 0 bridgehead atoms. The molecule has 1 fully saturated rings. The van der Waals surface area contributed by atoms with Crippen LogP contribution in [0.1, 0.15) is 26.2 Å². The summed E-state index contributed by atoms with van der Waals surface area (Å²) >= 11 is 0. The van der Waals surface area contributed by atoms with Gasteiger partial charge >= 0.3 is 0 Å². The van der Waals surface area contributed by atoms with Crippen LogP contribution < -0.4 is 11.1 Å². The summed E-state index contributed by atoms with van der Waals surface area (Å²) in [4.78, 5) is 14.1. The molecule has 1 rings (SSSR count). The third-order valence-corrected chi connectivity index (χ3v) is 3.04. The van der Waals surface area contributed by atoms with Gasteiger partial charge in [-0.25, -0.2) is 0 Å². The maximum Gasteiger partial charge on any atom is 0.239 e. The molecule has 1 aliphatic heterocycles. The Kier molecular flexibility index (Phi) is 7.16. The number of nitrogens with two attached hydrogens (primary N) is 1. The Bertz CT molecular complexity index is 224. The summed E-state index contributed by atoms with van der Waals surface area (Å²) in [6.07, 6.45) is 3.30. The van der Waals surface area contributed by atoms with E-state index in [1.807, 2.05) is 6.92 Å². The van der Waals surface area contributed by atoms with Crippen LogP contribution in [0.3, 0.4) is 0 Å². The van der Waals surface area contributed by atoms with Gasteiger partial charge in [0.25, 0.3) is 0 Å². The van der Waals surface area contributed by atoms with Crippen molar-refractivity contribution in [3.05, 3.63) is 0 Å². The summed E-state index contributed by atoms with van der Waals surface area (Å²) in [6.45, 7) is 6.43. The Morgan fingerprint density at radius 1 is 1.47 bits per heavy atom. The molecule has 3 N–H and O–H groups in total. The van der Waals surface area contributed by atoms with Gasteiger partial charge in [0.05, 0.1) is 13.2 Å². The molecule has 0 spiro atoms. The van der Waals surface area contributed by atoms with Gasteiger partial charge in [-0.3, -0.25) is 9.69 Å². The molecule has 1 unspecified atom stereocenters. The summed E-state index contributed by atoms with van der Waals surface area (Å²) in [5, 5.41) is 2.87. The molecular formula is C12H25N3O2. The predicted molar refractivity (Wildman–Crippen MR) is 67.8 cm³/mol. The van der Waals surface area contributed by atoms with E-state index in [1.54, 1.807) is 0 Å². The third-order valence-electron chi connectivity index (χ3n) is 3.04. The van der Waals surface area contributed by atoms with Gasteiger partial charge in [0, 0.05) is 13.1 Å². The first-order valence-corrected chi connectivity index (χ1v) is 6.59. The van der Waals surface area contributed by atoms with Crippen LogP contribution >= 0.6 is 0 Å². The number of likely N-dealkylation sites (N-methyl/N-ethyl adjacent to an activating group) is 1. The monoisotopic (exact) mass is 243 g/mol. The lowest BCUT2D eigenvalue weighted by Gasteiger charge is -2.34. The number of carbonyl (C=O) groups is 1. The third kappa shape index (κ3) is 5.02. The minimum Gasteiger partial charge on any atom is -0.378 e. The lowest BCUT2D eigenvalue weighted by molar-refractivity contribution is -0.132. The van der Waals surface area contributed by atoms with E-state index in [1.165, 1.54) is 0 Å². The van der Waals surface area contributed by atoms with Crippen molar-refractivity contribution in [1.29, 1.82) is 0 Å². The molecule has 1 atom stereocenters. The highest BCUT2D eigenvalue weighted by Gasteiger charge is 2.28. The van der Waals surface area contributed by atoms with Crippen LogP contribution in [0, 0.1) is 0 Å². The second-order valence-electron chi connectivity index (χ2n) is 4.37.